The first-order valence-corrected chi connectivity index (χ1v) is 6.04. The molecule has 0 spiro atoms. The first kappa shape index (κ1) is 11.9. The van der Waals surface area contributed by atoms with Gasteiger partial charge < -0.3 is 5.11 Å². The maximum absolute atomic E-state index is 9.67. The van der Waals surface area contributed by atoms with Crippen LogP contribution in [0.25, 0.3) is 0 Å². The molecule has 1 N–H and O–H groups in total. The van der Waals surface area contributed by atoms with Crippen LogP contribution in [0, 0.1) is 6.92 Å². The molecule has 0 bridgehead atoms. The summed E-state index contributed by atoms with van der Waals surface area (Å²) < 4.78 is 0.918. The van der Waals surface area contributed by atoms with Gasteiger partial charge in [0.05, 0.1) is 5.69 Å². The Morgan fingerprint density at radius 1 is 1.18 bits per heavy atom. The molecule has 0 atom stereocenters. The second-order valence-electron chi connectivity index (χ2n) is 3.75. The van der Waals surface area contributed by atoms with Crippen LogP contribution in [-0.2, 0) is 0 Å². The molecule has 0 aromatic heterocycles. The van der Waals surface area contributed by atoms with Crippen molar-refractivity contribution in [1.82, 2.24) is 0 Å². The Labute approximate surface area is 109 Å². The van der Waals surface area contributed by atoms with E-state index in [9.17, 15) is 5.11 Å². The molecule has 2 aromatic rings. The standard InChI is InChI=1S/C14H12BrNO/c1-10-4-2-3-5-13(10)16-9-11-8-12(15)6-7-14(11)17/h2-9,17H,1H3. The summed E-state index contributed by atoms with van der Waals surface area (Å²) >= 11 is 3.36. The number of hydrogen-bond donors (Lipinski definition) is 1. The van der Waals surface area contributed by atoms with Gasteiger partial charge in [-0.1, -0.05) is 34.1 Å². The molecule has 17 heavy (non-hydrogen) atoms. The summed E-state index contributed by atoms with van der Waals surface area (Å²) in [7, 11) is 0. The number of rotatable bonds is 2. The number of halogens is 1. The van der Waals surface area contributed by atoms with Crippen LogP contribution in [0.15, 0.2) is 51.9 Å². The number of aryl methyl sites for hydroxylation is 1. The predicted octanol–water partition coefficient (Wildman–Crippen LogP) is 4.21. The number of para-hydroxylation sites is 1. The van der Waals surface area contributed by atoms with Crippen LogP contribution in [0.2, 0.25) is 0 Å². The monoisotopic (exact) mass is 289 g/mol. The van der Waals surface area contributed by atoms with Crippen molar-refractivity contribution >= 4 is 27.8 Å². The zero-order chi connectivity index (χ0) is 12.3. The van der Waals surface area contributed by atoms with Crippen LogP contribution in [-0.4, -0.2) is 11.3 Å². The van der Waals surface area contributed by atoms with Crippen molar-refractivity contribution in [3.8, 4) is 5.75 Å². The molecule has 0 aliphatic heterocycles. The minimum Gasteiger partial charge on any atom is -0.507 e. The van der Waals surface area contributed by atoms with Crippen molar-refractivity contribution in [2.75, 3.05) is 0 Å². The maximum Gasteiger partial charge on any atom is 0.124 e. The van der Waals surface area contributed by atoms with Gasteiger partial charge >= 0.3 is 0 Å². The van der Waals surface area contributed by atoms with E-state index in [1.807, 2.05) is 37.3 Å². The summed E-state index contributed by atoms with van der Waals surface area (Å²) in [5.74, 6) is 0.227. The summed E-state index contributed by atoms with van der Waals surface area (Å²) in [5, 5.41) is 9.67. The van der Waals surface area contributed by atoms with Crippen molar-refractivity contribution < 1.29 is 5.11 Å². The van der Waals surface area contributed by atoms with Gasteiger partial charge in [0.25, 0.3) is 0 Å². The highest BCUT2D eigenvalue weighted by molar-refractivity contribution is 9.10. The highest BCUT2D eigenvalue weighted by Crippen LogP contribution is 2.22. The lowest BCUT2D eigenvalue weighted by Gasteiger charge is -2.01. The lowest BCUT2D eigenvalue weighted by molar-refractivity contribution is 0.474. The third-order valence-electron chi connectivity index (χ3n) is 2.45. The quantitative estimate of drug-likeness (QED) is 0.825. The smallest absolute Gasteiger partial charge is 0.124 e. The fourth-order valence-electron chi connectivity index (χ4n) is 1.48. The molecule has 2 rings (SSSR count). The molecule has 86 valence electrons. The van der Waals surface area contributed by atoms with E-state index in [1.54, 1.807) is 18.3 Å². The van der Waals surface area contributed by atoms with E-state index in [-0.39, 0.29) is 5.75 Å². The number of benzene rings is 2. The topological polar surface area (TPSA) is 32.6 Å². The molecule has 3 heteroatoms. The van der Waals surface area contributed by atoms with Crippen LogP contribution < -0.4 is 0 Å². The summed E-state index contributed by atoms with van der Waals surface area (Å²) in [6, 6.07) is 13.1. The molecule has 0 saturated carbocycles. The van der Waals surface area contributed by atoms with E-state index < -0.39 is 0 Å². The Bertz CT molecular complexity index is 564. The molecule has 0 aliphatic rings. The van der Waals surface area contributed by atoms with Gasteiger partial charge in [-0.05, 0) is 36.8 Å². The fourth-order valence-corrected chi connectivity index (χ4v) is 1.85. The SMILES string of the molecule is Cc1ccccc1N=Cc1cc(Br)ccc1O. The van der Waals surface area contributed by atoms with Crippen molar-refractivity contribution in [3.63, 3.8) is 0 Å². The number of aromatic hydroxyl groups is 1. The summed E-state index contributed by atoms with van der Waals surface area (Å²) in [6.45, 7) is 2.01. The lowest BCUT2D eigenvalue weighted by atomic mass is 10.2. The number of aliphatic imine (C=N–C) groups is 1. The largest absolute Gasteiger partial charge is 0.507 e. The Balaban J connectivity index is 2.32. The predicted molar refractivity (Wildman–Crippen MR) is 74.2 cm³/mol. The molecule has 0 aliphatic carbocycles. The second kappa shape index (κ2) is 5.15. The number of phenols is 1. The second-order valence-corrected chi connectivity index (χ2v) is 4.66. The first-order valence-electron chi connectivity index (χ1n) is 5.25. The van der Waals surface area contributed by atoms with Gasteiger partial charge in [0, 0.05) is 16.3 Å². The zero-order valence-corrected chi connectivity index (χ0v) is 11.0. The van der Waals surface area contributed by atoms with Gasteiger partial charge in [0.15, 0.2) is 0 Å². The van der Waals surface area contributed by atoms with Gasteiger partial charge in [-0.2, -0.15) is 0 Å². The average Bonchev–Trinajstić information content (AvgIpc) is 2.32. The van der Waals surface area contributed by atoms with Crippen molar-refractivity contribution in [1.29, 1.82) is 0 Å². The lowest BCUT2D eigenvalue weighted by Crippen LogP contribution is -1.83. The van der Waals surface area contributed by atoms with Crippen molar-refractivity contribution in [2.45, 2.75) is 6.92 Å². The Morgan fingerprint density at radius 2 is 1.94 bits per heavy atom. The molecular weight excluding hydrogens is 278 g/mol. The van der Waals surface area contributed by atoms with Crippen LogP contribution in [0.5, 0.6) is 5.75 Å². The third kappa shape index (κ3) is 2.94. The molecule has 2 nitrogen and oxygen atoms in total. The fraction of sp³-hybridized carbons (Fsp3) is 0.0714. The Hall–Kier alpha value is -1.61. The summed E-state index contributed by atoms with van der Waals surface area (Å²) in [6.07, 6.45) is 1.67. The molecule has 0 unspecified atom stereocenters. The van der Waals surface area contributed by atoms with Gasteiger partial charge in [0.1, 0.15) is 5.75 Å². The number of nitrogens with zero attached hydrogens (tertiary/aromatic N) is 1. The Kier molecular flexibility index (Phi) is 3.59. The first-order chi connectivity index (χ1) is 8.16. The molecule has 0 fully saturated rings. The van der Waals surface area contributed by atoms with Crippen LogP contribution in [0.3, 0.4) is 0 Å². The molecular formula is C14H12BrNO. The Morgan fingerprint density at radius 3 is 2.71 bits per heavy atom. The van der Waals surface area contributed by atoms with E-state index in [2.05, 4.69) is 20.9 Å². The molecule has 0 radical (unpaired) electrons. The summed E-state index contributed by atoms with van der Waals surface area (Å²) in [4.78, 5) is 4.37. The van der Waals surface area contributed by atoms with E-state index in [1.165, 1.54) is 0 Å². The highest BCUT2D eigenvalue weighted by atomic mass is 79.9. The number of phenolic OH excluding ortho intramolecular Hbond substituents is 1. The van der Waals surface area contributed by atoms with Crippen molar-refractivity contribution in [2.24, 2.45) is 4.99 Å². The van der Waals surface area contributed by atoms with Gasteiger partial charge in [-0.3, -0.25) is 4.99 Å². The third-order valence-corrected chi connectivity index (χ3v) is 2.94. The van der Waals surface area contributed by atoms with Crippen LogP contribution in [0.4, 0.5) is 5.69 Å². The normalized spacial score (nSPS) is 10.9. The molecule has 0 amide bonds. The van der Waals surface area contributed by atoms with E-state index in [4.69, 9.17) is 0 Å². The van der Waals surface area contributed by atoms with E-state index >= 15 is 0 Å². The van der Waals surface area contributed by atoms with Gasteiger partial charge in [-0.25, -0.2) is 0 Å². The average molecular weight is 290 g/mol. The minimum atomic E-state index is 0.227. The molecule has 0 saturated heterocycles. The maximum atomic E-state index is 9.67. The van der Waals surface area contributed by atoms with Gasteiger partial charge in [0.2, 0.25) is 0 Å². The summed E-state index contributed by atoms with van der Waals surface area (Å²) in [5.41, 5.74) is 2.72. The molecule has 0 heterocycles. The van der Waals surface area contributed by atoms with Gasteiger partial charge in [-0.15, -0.1) is 0 Å². The van der Waals surface area contributed by atoms with Crippen molar-refractivity contribution in [3.05, 3.63) is 58.1 Å². The van der Waals surface area contributed by atoms with Crippen LogP contribution in [0.1, 0.15) is 11.1 Å². The highest BCUT2D eigenvalue weighted by Gasteiger charge is 1.99. The van der Waals surface area contributed by atoms with Crippen LogP contribution >= 0.6 is 15.9 Å². The van der Waals surface area contributed by atoms with E-state index in [0.29, 0.717) is 5.56 Å². The van der Waals surface area contributed by atoms with E-state index in [0.717, 1.165) is 15.7 Å². The minimum absolute atomic E-state index is 0.227. The zero-order valence-electron chi connectivity index (χ0n) is 9.39. The number of hydrogen-bond acceptors (Lipinski definition) is 2. The molecule has 2 aromatic carbocycles.